The van der Waals surface area contributed by atoms with Gasteiger partial charge in [0, 0.05) is 76.6 Å². The van der Waals surface area contributed by atoms with Gasteiger partial charge in [0.05, 0.1) is 22.1 Å². The second kappa shape index (κ2) is 13.6. The van der Waals surface area contributed by atoms with Gasteiger partial charge in [-0.15, -0.1) is 11.3 Å². The van der Waals surface area contributed by atoms with Crippen molar-refractivity contribution < 1.29 is 0 Å². The molecule has 1 aliphatic carbocycles. The van der Waals surface area contributed by atoms with E-state index in [0.29, 0.717) is 0 Å². The Morgan fingerprint density at radius 2 is 1.05 bits per heavy atom. The topological polar surface area (TPSA) is 13.1 Å². The van der Waals surface area contributed by atoms with Crippen LogP contribution in [0.1, 0.15) is 23.1 Å². The van der Waals surface area contributed by atoms with Crippen molar-refractivity contribution >= 4 is 92.2 Å². The molecule has 3 nitrogen and oxygen atoms in total. The fraction of sp³-hybridized carbons (Fsp3) is 0.0526. The van der Waals surface area contributed by atoms with Crippen LogP contribution in [0, 0.1) is 0 Å². The Morgan fingerprint density at radius 3 is 1.75 bits per heavy atom. The highest BCUT2D eigenvalue weighted by atomic mass is 32.1. The van der Waals surface area contributed by atoms with Gasteiger partial charge in [-0.25, -0.2) is 0 Å². The van der Waals surface area contributed by atoms with E-state index in [1.165, 1.54) is 115 Å². The van der Waals surface area contributed by atoms with Gasteiger partial charge >= 0.3 is 0 Å². The second-order valence-electron chi connectivity index (χ2n) is 16.5. The molecular weight excluding hydrogens is 759 g/mol. The number of benzene rings is 8. The number of anilines is 2. The van der Waals surface area contributed by atoms with E-state index in [0.717, 1.165) is 19.3 Å². The first-order valence-electron chi connectivity index (χ1n) is 21.2. The zero-order valence-electron chi connectivity index (χ0n) is 33.4. The van der Waals surface area contributed by atoms with Gasteiger partial charge in [-0.2, -0.15) is 0 Å². The summed E-state index contributed by atoms with van der Waals surface area (Å²) in [6.45, 7) is 0. The summed E-state index contributed by atoms with van der Waals surface area (Å²) in [5, 5.41) is 7.78. The maximum atomic E-state index is 2.56. The molecule has 0 atom stereocenters. The Morgan fingerprint density at radius 1 is 0.475 bits per heavy atom. The standard InChI is InChI=1S/C57H39N3S/c1-7-24-50-38(15-1)34-40-35-41(17-14-29-51(40)60-54-27-10-4-20-46(54)47-21-5-11-28-55(47)60)58(50)42-32-37(31-39-16-13-23-49-48-22-6-12-30-56(48)61-57(39)49)33-43(36-42)59-52-25-8-2-18-44(52)45-19-3-9-26-53(45)59/h1-30,32-33,36H,31,34-35H2. The maximum absolute atomic E-state index is 2.56. The number of hydrogen-bond donors (Lipinski definition) is 0. The molecule has 2 bridgehead atoms. The molecule has 11 aromatic rings. The number of hydrogen-bond acceptors (Lipinski definition) is 2. The summed E-state index contributed by atoms with van der Waals surface area (Å²) in [5.74, 6) is 0. The van der Waals surface area contributed by atoms with Gasteiger partial charge in [0.15, 0.2) is 0 Å². The molecule has 2 aliphatic rings. The first-order chi connectivity index (χ1) is 30.2. The number of allylic oxidation sites excluding steroid dienone is 5. The van der Waals surface area contributed by atoms with Crippen LogP contribution in [0.25, 0.3) is 75.2 Å². The molecule has 0 N–H and O–H groups in total. The zero-order valence-corrected chi connectivity index (χ0v) is 34.2. The summed E-state index contributed by atoms with van der Waals surface area (Å²) in [7, 11) is 0. The highest BCUT2D eigenvalue weighted by Gasteiger charge is 2.28. The Labute approximate surface area is 357 Å². The molecule has 0 amide bonds. The van der Waals surface area contributed by atoms with E-state index in [-0.39, 0.29) is 0 Å². The summed E-state index contributed by atoms with van der Waals surface area (Å²) in [6, 6.07) is 67.5. The van der Waals surface area contributed by atoms with E-state index in [9.17, 15) is 0 Å². The minimum atomic E-state index is 0.819. The first kappa shape index (κ1) is 34.5. The summed E-state index contributed by atoms with van der Waals surface area (Å²) >= 11 is 1.91. The maximum Gasteiger partial charge on any atom is 0.0541 e. The Bertz CT molecular complexity index is 3590. The Hall–Kier alpha value is -7.40. The van der Waals surface area contributed by atoms with Crippen molar-refractivity contribution in [1.29, 1.82) is 0 Å². The van der Waals surface area contributed by atoms with Gasteiger partial charge in [0.2, 0.25) is 0 Å². The number of aromatic nitrogens is 2. The minimum absolute atomic E-state index is 0.819. The van der Waals surface area contributed by atoms with Crippen LogP contribution < -0.4 is 4.90 Å². The largest absolute Gasteiger partial charge is 0.314 e. The quantitative estimate of drug-likeness (QED) is 0.169. The van der Waals surface area contributed by atoms with E-state index >= 15 is 0 Å². The Balaban J connectivity index is 1.03. The number of nitrogens with zero attached hydrogens (tertiary/aromatic N) is 3. The van der Waals surface area contributed by atoms with Crippen LogP contribution in [0.4, 0.5) is 11.4 Å². The highest BCUT2D eigenvalue weighted by Crippen LogP contribution is 2.45. The summed E-state index contributed by atoms with van der Waals surface area (Å²) in [6.07, 6.45) is 9.49. The lowest BCUT2D eigenvalue weighted by Crippen LogP contribution is -2.17. The summed E-state index contributed by atoms with van der Waals surface area (Å²) < 4.78 is 7.69. The van der Waals surface area contributed by atoms with Gasteiger partial charge < -0.3 is 14.0 Å². The molecule has 0 unspecified atom stereocenters. The van der Waals surface area contributed by atoms with Crippen LogP contribution >= 0.6 is 11.3 Å². The Kier molecular flexibility index (Phi) is 7.66. The molecule has 0 spiro atoms. The van der Waals surface area contributed by atoms with Crippen molar-refractivity contribution in [3.05, 3.63) is 228 Å². The number of thiophene rings is 1. The average molecular weight is 798 g/mol. The molecular formula is C57H39N3S. The van der Waals surface area contributed by atoms with Gasteiger partial charge in [0.25, 0.3) is 0 Å². The SMILES string of the molecule is C1=CC(n2c3ccccc3c3ccccc32)=C2CC(=C1)N(c1cc(Cc3cccc4c3sc3ccccc34)cc(-n3c4ccccc4c4ccccc43)c1)c1ccccc1C2. The van der Waals surface area contributed by atoms with E-state index in [1.54, 1.807) is 0 Å². The van der Waals surface area contributed by atoms with Crippen molar-refractivity contribution in [2.45, 2.75) is 19.3 Å². The molecule has 3 aromatic heterocycles. The summed E-state index contributed by atoms with van der Waals surface area (Å²) in [4.78, 5) is 2.56. The van der Waals surface area contributed by atoms with Crippen LogP contribution in [-0.4, -0.2) is 9.13 Å². The fourth-order valence-corrected chi connectivity index (χ4v) is 11.6. The molecule has 288 valence electrons. The highest BCUT2D eigenvalue weighted by molar-refractivity contribution is 7.26. The van der Waals surface area contributed by atoms with Gasteiger partial charge in [-0.3, -0.25) is 0 Å². The number of para-hydroxylation sites is 5. The second-order valence-corrected chi connectivity index (χ2v) is 17.5. The molecule has 0 saturated heterocycles. The lowest BCUT2D eigenvalue weighted by Gasteiger charge is -2.29. The predicted molar refractivity (Wildman–Crippen MR) is 260 cm³/mol. The van der Waals surface area contributed by atoms with Crippen molar-refractivity contribution in [2.24, 2.45) is 0 Å². The van der Waals surface area contributed by atoms with E-state index in [4.69, 9.17) is 0 Å². The number of rotatable bonds is 5. The van der Waals surface area contributed by atoms with Crippen LogP contribution in [0.3, 0.4) is 0 Å². The third-order valence-electron chi connectivity index (χ3n) is 13.0. The normalized spacial score (nSPS) is 14.1. The van der Waals surface area contributed by atoms with Gasteiger partial charge in [-0.1, -0.05) is 133 Å². The van der Waals surface area contributed by atoms with Crippen molar-refractivity contribution in [1.82, 2.24) is 9.13 Å². The smallest absolute Gasteiger partial charge is 0.0541 e. The molecule has 0 radical (unpaired) electrons. The molecule has 4 heteroatoms. The molecule has 61 heavy (non-hydrogen) atoms. The molecule has 1 aliphatic heterocycles. The van der Waals surface area contributed by atoms with Gasteiger partial charge in [-0.05, 0) is 102 Å². The fourth-order valence-electron chi connectivity index (χ4n) is 10.4. The van der Waals surface area contributed by atoms with Crippen LogP contribution in [-0.2, 0) is 12.8 Å². The lowest BCUT2D eigenvalue weighted by atomic mass is 10.00. The van der Waals surface area contributed by atoms with Crippen molar-refractivity contribution in [3.8, 4) is 5.69 Å². The predicted octanol–water partition coefficient (Wildman–Crippen LogP) is 15.3. The summed E-state index contributed by atoms with van der Waals surface area (Å²) in [5.41, 5.74) is 16.4. The first-order valence-corrected chi connectivity index (χ1v) is 22.0. The molecule has 13 rings (SSSR count). The zero-order chi connectivity index (χ0) is 40.0. The molecule has 0 saturated carbocycles. The van der Waals surface area contributed by atoms with Crippen LogP contribution in [0.5, 0.6) is 0 Å². The number of fused-ring (bicyclic) bond motifs is 12. The third kappa shape index (κ3) is 5.35. The molecule has 8 aromatic carbocycles. The van der Waals surface area contributed by atoms with Crippen molar-refractivity contribution in [3.63, 3.8) is 0 Å². The van der Waals surface area contributed by atoms with Crippen molar-refractivity contribution in [2.75, 3.05) is 4.90 Å². The molecule has 0 fully saturated rings. The minimum Gasteiger partial charge on any atom is -0.314 e. The third-order valence-corrected chi connectivity index (χ3v) is 14.2. The molecule has 4 heterocycles. The lowest BCUT2D eigenvalue weighted by molar-refractivity contribution is 1.01. The van der Waals surface area contributed by atoms with Crippen LogP contribution in [0.15, 0.2) is 211 Å². The van der Waals surface area contributed by atoms with E-state index in [1.807, 2.05) is 11.3 Å². The average Bonchev–Trinajstić information content (AvgIpc) is 3.87. The van der Waals surface area contributed by atoms with Gasteiger partial charge in [0.1, 0.15) is 0 Å². The van der Waals surface area contributed by atoms with E-state index < -0.39 is 0 Å². The monoisotopic (exact) mass is 797 g/mol. The van der Waals surface area contributed by atoms with E-state index in [2.05, 4.69) is 214 Å². The van der Waals surface area contributed by atoms with Crippen LogP contribution in [0.2, 0.25) is 0 Å².